The molecule has 1 saturated carbocycles. The number of aromatic nitrogens is 2. The van der Waals surface area contributed by atoms with E-state index < -0.39 is 5.92 Å². The van der Waals surface area contributed by atoms with Crippen LogP contribution in [-0.2, 0) is 0 Å². The second-order valence-electron chi connectivity index (χ2n) is 3.34. The number of halogens is 3. The largest absolute Gasteiger partial charge is 0.364 e. The van der Waals surface area contributed by atoms with E-state index in [9.17, 15) is 8.78 Å². The van der Waals surface area contributed by atoms with Gasteiger partial charge in [0.25, 0.3) is 0 Å². The maximum absolute atomic E-state index is 12.8. The summed E-state index contributed by atoms with van der Waals surface area (Å²) in [6.07, 6.45) is 0.224. The Morgan fingerprint density at radius 2 is 2.29 bits per heavy atom. The third-order valence-corrected chi connectivity index (χ3v) is 3.09. The summed E-state index contributed by atoms with van der Waals surface area (Å²) in [6, 6.07) is -0.244. The molecule has 0 aromatic carbocycles. The van der Waals surface area contributed by atoms with E-state index >= 15 is 0 Å². The summed E-state index contributed by atoms with van der Waals surface area (Å²) in [5.74, 6) is -2.13. The van der Waals surface area contributed by atoms with Gasteiger partial charge in [-0.05, 0) is 6.42 Å². The maximum Gasteiger partial charge on any atom is 0.250 e. The molecule has 1 aliphatic carbocycles. The van der Waals surface area contributed by atoms with Crippen molar-refractivity contribution in [3.8, 4) is 0 Å². The molecule has 0 amide bonds. The molecule has 78 valence electrons. The van der Waals surface area contributed by atoms with Gasteiger partial charge in [-0.3, -0.25) is 0 Å². The molecular formula is C7H8ClF2N3S. The van der Waals surface area contributed by atoms with Crippen molar-refractivity contribution < 1.29 is 8.78 Å². The smallest absolute Gasteiger partial charge is 0.250 e. The third kappa shape index (κ3) is 2.12. The number of hydrogen-bond donors (Lipinski definition) is 1. The highest BCUT2D eigenvalue weighted by atomic mass is 35.5. The van der Waals surface area contributed by atoms with E-state index in [1.165, 1.54) is 0 Å². The SMILES string of the molecule is FC1(F)CCC(Nc2nsnc2Cl)C1. The van der Waals surface area contributed by atoms with Gasteiger partial charge in [0.2, 0.25) is 5.92 Å². The van der Waals surface area contributed by atoms with Crippen molar-refractivity contribution in [2.45, 2.75) is 31.2 Å². The van der Waals surface area contributed by atoms with Crippen molar-refractivity contribution in [2.75, 3.05) is 5.32 Å². The molecule has 1 heterocycles. The van der Waals surface area contributed by atoms with Crippen LogP contribution in [0.25, 0.3) is 0 Å². The molecule has 0 aliphatic heterocycles. The van der Waals surface area contributed by atoms with E-state index in [4.69, 9.17) is 11.6 Å². The fourth-order valence-electron chi connectivity index (χ4n) is 1.53. The van der Waals surface area contributed by atoms with E-state index in [1.807, 2.05) is 0 Å². The van der Waals surface area contributed by atoms with Gasteiger partial charge in [-0.25, -0.2) is 8.78 Å². The summed E-state index contributed by atoms with van der Waals surface area (Å²) in [6.45, 7) is 0. The Morgan fingerprint density at radius 3 is 2.79 bits per heavy atom. The van der Waals surface area contributed by atoms with Crippen LogP contribution in [0.1, 0.15) is 19.3 Å². The minimum absolute atomic E-state index is 0.0696. The fraction of sp³-hybridized carbons (Fsp3) is 0.714. The minimum atomic E-state index is -2.55. The zero-order valence-corrected chi connectivity index (χ0v) is 8.71. The Balaban J connectivity index is 1.97. The fourth-order valence-corrected chi connectivity index (χ4v) is 2.19. The Morgan fingerprint density at radius 1 is 1.50 bits per heavy atom. The predicted molar refractivity (Wildman–Crippen MR) is 51.1 cm³/mol. The molecule has 0 bridgehead atoms. The van der Waals surface area contributed by atoms with Crippen LogP contribution in [0.4, 0.5) is 14.6 Å². The van der Waals surface area contributed by atoms with E-state index in [1.54, 1.807) is 0 Å². The molecule has 0 spiro atoms. The lowest BCUT2D eigenvalue weighted by atomic mass is 10.2. The van der Waals surface area contributed by atoms with Crippen molar-refractivity contribution in [1.82, 2.24) is 8.75 Å². The first kappa shape index (κ1) is 10.0. The van der Waals surface area contributed by atoms with E-state index in [2.05, 4.69) is 14.1 Å². The van der Waals surface area contributed by atoms with Crippen LogP contribution in [-0.4, -0.2) is 20.7 Å². The Bertz CT molecular complexity index is 330. The van der Waals surface area contributed by atoms with Gasteiger partial charge in [-0.1, -0.05) is 11.6 Å². The number of nitrogens with zero attached hydrogens (tertiary/aromatic N) is 2. The van der Waals surface area contributed by atoms with E-state index in [0.717, 1.165) is 11.7 Å². The standard InChI is InChI=1S/C7H8ClF2N3S/c8-5-6(13-14-12-5)11-4-1-2-7(9,10)3-4/h4H,1-3H2,(H,11,13). The summed E-state index contributed by atoms with van der Waals surface area (Å²) in [4.78, 5) is 0. The molecule has 7 heteroatoms. The molecule has 1 aromatic heterocycles. The molecule has 1 aliphatic rings. The maximum atomic E-state index is 12.8. The molecule has 0 radical (unpaired) electrons. The predicted octanol–water partition coefficient (Wildman–Crippen LogP) is 2.79. The van der Waals surface area contributed by atoms with Gasteiger partial charge in [-0.15, -0.1) is 0 Å². The molecule has 1 N–H and O–H groups in total. The Labute approximate surface area is 88.8 Å². The summed E-state index contributed by atoms with van der Waals surface area (Å²) >= 11 is 6.64. The first-order valence-corrected chi connectivity index (χ1v) is 5.30. The molecule has 1 fully saturated rings. The lowest BCUT2D eigenvalue weighted by molar-refractivity contribution is 0.00852. The quantitative estimate of drug-likeness (QED) is 0.863. The average molecular weight is 240 g/mol. The van der Waals surface area contributed by atoms with E-state index in [0.29, 0.717) is 12.2 Å². The molecule has 1 aromatic rings. The highest BCUT2D eigenvalue weighted by Gasteiger charge is 2.39. The van der Waals surface area contributed by atoms with Crippen LogP contribution >= 0.6 is 23.3 Å². The molecule has 14 heavy (non-hydrogen) atoms. The van der Waals surface area contributed by atoms with Gasteiger partial charge >= 0.3 is 0 Å². The van der Waals surface area contributed by atoms with Gasteiger partial charge in [0.05, 0.1) is 11.7 Å². The van der Waals surface area contributed by atoms with Crippen LogP contribution in [0.5, 0.6) is 0 Å². The van der Waals surface area contributed by atoms with Gasteiger partial charge < -0.3 is 5.32 Å². The number of rotatable bonds is 2. The van der Waals surface area contributed by atoms with Gasteiger partial charge in [-0.2, -0.15) is 8.75 Å². The minimum Gasteiger partial charge on any atom is -0.364 e. The molecular weight excluding hydrogens is 232 g/mol. The van der Waals surface area contributed by atoms with Crippen LogP contribution < -0.4 is 5.32 Å². The summed E-state index contributed by atoms with van der Waals surface area (Å²) in [5, 5.41) is 3.12. The van der Waals surface area contributed by atoms with Crippen LogP contribution in [0.2, 0.25) is 5.15 Å². The number of hydrogen-bond acceptors (Lipinski definition) is 4. The lowest BCUT2D eigenvalue weighted by Gasteiger charge is -2.11. The first-order valence-electron chi connectivity index (χ1n) is 4.19. The van der Waals surface area contributed by atoms with Crippen molar-refractivity contribution >= 4 is 29.1 Å². The van der Waals surface area contributed by atoms with Gasteiger partial charge in [0, 0.05) is 18.9 Å². The molecule has 1 atom stereocenters. The monoisotopic (exact) mass is 239 g/mol. The van der Waals surface area contributed by atoms with Crippen molar-refractivity contribution in [2.24, 2.45) is 0 Å². The normalized spacial score (nSPS) is 25.2. The third-order valence-electron chi connectivity index (χ3n) is 2.19. The first-order chi connectivity index (χ1) is 6.57. The van der Waals surface area contributed by atoms with Crippen LogP contribution in [0.15, 0.2) is 0 Å². The average Bonchev–Trinajstić information content (AvgIpc) is 2.61. The van der Waals surface area contributed by atoms with Crippen LogP contribution in [0.3, 0.4) is 0 Å². The van der Waals surface area contributed by atoms with Crippen LogP contribution in [0, 0.1) is 0 Å². The highest BCUT2D eigenvalue weighted by Crippen LogP contribution is 2.36. The Hall–Kier alpha value is -0.490. The second-order valence-corrected chi connectivity index (χ2v) is 4.23. The van der Waals surface area contributed by atoms with E-state index in [-0.39, 0.29) is 24.0 Å². The molecule has 3 nitrogen and oxygen atoms in total. The zero-order chi connectivity index (χ0) is 10.2. The Kier molecular flexibility index (Phi) is 2.57. The summed E-state index contributed by atoms with van der Waals surface area (Å²) < 4.78 is 33.2. The van der Waals surface area contributed by atoms with Gasteiger partial charge in [0.1, 0.15) is 0 Å². The molecule has 0 saturated heterocycles. The van der Waals surface area contributed by atoms with Gasteiger partial charge in [0.15, 0.2) is 11.0 Å². The topological polar surface area (TPSA) is 37.8 Å². The van der Waals surface area contributed by atoms with Crippen molar-refractivity contribution in [3.05, 3.63) is 5.15 Å². The highest BCUT2D eigenvalue weighted by molar-refractivity contribution is 6.99. The number of nitrogens with one attached hydrogen (secondary N) is 1. The molecule has 2 rings (SSSR count). The zero-order valence-electron chi connectivity index (χ0n) is 7.14. The number of anilines is 1. The second kappa shape index (κ2) is 3.58. The lowest BCUT2D eigenvalue weighted by Crippen LogP contribution is -2.19. The number of alkyl halides is 2. The van der Waals surface area contributed by atoms with Crippen molar-refractivity contribution in [1.29, 1.82) is 0 Å². The van der Waals surface area contributed by atoms with Crippen molar-refractivity contribution in [3.63, 3.8) is 0 Å². The summed E-state index contributed by atoms with van der Waals surface area (Å²) in [7, 11) is 0. The summed E-state index contributed by atoms with van der Waals surface area (Å²) in [5.41, 5.74) is 0. The molecule has 1 unspecified atom stereocenters.